The molecule has 0 spiro atoms. The first-order valence-corrected chi connectivity index (χ1v) is 4.20. The zero-order valence-corrected chi connectivity index (χ0v) is 5.90. The molecule has 2 rings (SSSR count). The maximum atomic E-state index is 3.58. The van der Waals surface area contributed by atoms with Gasteiger partial charge < -0.3 is 5.32 Å². The molecule has 9 heavy (non-hydrogen) atoms. The lowest BCUT2D eigenvalue weighted by atomic mass is 9.94. The number of hydrogen-bond acceptors (Lipinski definition) is 1. The molecule has 0 radical (unpaired) electrons. The number of nitrogens with one attached hydrogen (secondary N) is 1. The van der Waals surface area contributed by atoms with Gasteiger partial charge in [-0.15, -0.1) is 0 Å². The number of fused-ring (bicyclic) bond motifs is 1. The zero-order chi connectivity index (χ0) is 6.10. The average molecular weight is 125 g/mol. The van der Waals surface area contributed by atoms with Gasteiger partial charge in [0.05, 0.1) is 0 Å². The van der Waals surface area contributed by atoms with Gasteiger partial charge in [0.15, 0.2) is 0 Å². The lowest BCUT2D eigenvalue weighted by molar-refractivity contribution is 0.318. The predicted molar refractivity (Wildman–Crippen MR) is 38.4 cm³/mol. The van der Waals surface area contributed by atoms with Gasteiger partial charge in [0.2, 0.25) is 0 Å². The van der Waals surface area contributed by atoms with Gasteiger partial charge in [-0.05, 0) is 38.1 Å². The molecule has 52 valence electrons. The third-order valence-corrected chi connectivity index (χ3v) is 2.82. The number of rotatable bonds is 0. The third-order valence-electron chi connectivity index (χ3n) is 2.82. The highest BCUT2D eigenvalue weighted by Crippen LogP contribution is 2.31. The largest absolute Gasteiger partial charge is 0.314 e. The quantitative estimate of drug-likeness (QED) is 0.518. The fraction of sp³-hybridized carbons (Fsp3) is 1.00. The summed E-state index contributed by atoms with van der Waals surface area (Å²) in [7, 11) is 0. The van der Waals surface area contributed by atoms with E-state index in [9.17, 15) is 0 Å². The zero-order valence-electron chi connectivity index (χ0n) is 5.90. The fourth-order valence-electron chi connectivity index (χ4n) is 2.30. The van der Waals surface area contributed by atoms with E-state index in [-0.39, 0.29) is 0 Å². The van der Waals surface area contributed by atoms with Gasteiger partial charge in [-0.3, -0.25) is 0 Å². The van der Waals surface area contributed by atoms with Crippen LogP contribution in [0.1, 0.15) is 32.1 Å². The lowest BCUT2D eigenvalue weighted by Crippen LogP contribution is -2.37. The van der Waals surface area contributed by atoms with E-state index >= 15 is 0 Å². The van der Waals surface area contributed by atoms with Crippen LogP contribution in [-0.4, -0.2) is 12.6 Å². The minimum absolute atomic E-state index is 0.916. The van der Waals surface area contributed by atoms with Crippen LogP contribution in [-0.2, 0) is 0 Å². The molecular formula is C8H15N. The molecule has 2 atom stereocenters. The molecule has 1 nitrogen and oxygen atoms in total. The van der Waals surface area contributed by atoms with Crippen LogP contribution in [0.25, 0.3) is 0 Å². The molecule has 0 aromatic rings. The van der Waals surface area contributed by atoms with E-state index in [2.05, 4.69) is 5.32 Å². The summed E-state index contributed by atoms with van der Waals surface area (Å²) in [5.74, 6) is 1.05. The normalized spacial score (nSPS) is 42.7. The standard InChI is InChI=1S/C8H15N/c1-3-7-4-2-6-9-8(7)5-1/h7-9H,1-6H2. The van der Waals surface area contributed by atoms with Gasteiger partial charge in [0.25, 0.3) is 0 Å². The summed E-state index contributed by atoms with van der Waals surface area (Å²) in [5, 5.41) is 3.58. The fourth-order valence-corrected chi connectivity index (χ4v) is 2.30. The van der Waals surface area contributed by atoms with Crippen molar-refractivity contribution in [2.24, 2.45) is 5.92 Å². The van der Waals surface area contributed by atoms with E-state index in [4.69, 9.17) is 0 Å². The Kier molecular flexibility index (Phi) is 1.46. The van der Waals surface area contributed by atoms with E-state index in [1.807, 2.05) is 0 Å². The molecule has 0 aromatic heterocycles. The molecule has 1 saturated heterocycles. The van der Waals surface area contributed by atoms with Gasteiger partial charge in [0, 0.05) is 6.04 Å². The van der Waals surface area contributed by atoms with Crippen molar-refractivity contribution >= 4 is 0 Å². The smallest absolute Gasteiger partial charge is 0.00953 e. The van der Waals surface area contributed by atoms with Gasteiger partial charge in [0.1, 0.15) is 0 Å². The highest BCUT2D eigenvalue weighted by molar-refractivity contribution is 4.86. The predicted octanol–water partition coefficient (Wildman–Crippen LogP) is 1.54. The second-order valence-electron chi connectivity index (χ2n) is 3.39. The first-order valence-electron chi connectivity index (χ1n) is 4.20. The van der Waals surface area contributed by atoms with Crippen LogP contribution in [0.5, 0.6) is 0 Å². The number of hydrogen-bond donors (Lipinski definition) is 1. The first kappa shape index (κ1) is 5.72. The van der Waals surface area contributed by atoms with Crippen LogP contribution in [0, 0.1) is 5.92 Å². The topological polar surface area (TPSA) is 12.0 Å². The molecule has 0 amide bonds. The van der Waals surface area contributed by atoms with Crippen molar-refractivity contribution in [2.45, 2.75) is 38.1 Å². The van der Waals surface area contributed by atoms with Gasteiger partial charge in [-0.2, -0.15) is 0 Å². The Morgan fingerprint density at radius 1 is 1.00 bits per heavy atom. The third kappa shape index (κ3) is 0.983. The van der Waals surface area contributed by atoms with Gasteiger partial charge >= 0.3 is 0 Å². The van der Waals surface area contributed by atoms with E-state index < -0.39 is 0 Å². The van der Waals surface area contributed by atoms with Crippen LogP contribution in [0.2, 0.25) is 0 Å². The van der Waals surface area contributed by atoms with Crippen LogP contribution in [0.3, 0.4) is 0 Å². The molecule has 1 heterocycles. The van der Waals surface area contributed by atoms with Crippen molar-refractivity contribution in [3.63, 3.8) is 0 Å². The maximum absolute atomic E-state index is 3.58. The summed E-state index contributed by atoms with van der Waals surface area (Å²) < 4.78 is 0. The Hall–Kier alpha value is -0.0400. The summed E-state index contributed by atoms with van der Waals surface area (Å²) in [6, 6.07) is 0.916. The molecule has 0 bridgehead atoms. The second kappa shape index (κ2) is 2.30. The van der Waals surface area contributed by atoms with E-state index in [0.717, 1.165) is 12.0 Å². The van der Waals surface area contributed by atoms with Crippen molar-refractivity contribution in [3.8, 4) is 0 Å². The monoisotopic (exact) mass is 125 g/mol. The SMILES string of the molecule is C1CNC2CCCC2C1. The molecule has 1 aliphatic heterocycles. The summed E-state index contributed by atoms with van der Waals surface area (Å²) in [5.41, 5.74) is 0. The second-order valence-corrected chi connectivity index (χ2v) is 3.39. The highest BCUT2D eigenvalue weighted by atomic mass is 14.9. The lowest BCUT2D eigenvalue weighted by Gasteiger charge is -2.26. The van der Waals surface area contributed by atoms with Crippen LogP contribution in [0.4, 0.5) is 0 Å². The van der Waals surface area contributed by atoms with E-state index in [1.54, 1.807) is 0 Å². The number of piperidine rings is 1. The summed E-state index contributed by atoms with van der Waals surface area (Å²) in [4.78, 5) is 0. The Balaban J connectivity index is 1.97. The summed E-state index contributed by atoms with van der Waals surface area (Å²) >= 11 is 0. The van der Waals surface area contributed by atoms with E-state index in [0.29, 0.717) is 0 Å². The molecular weight excluding hydrogens is 110 g/mol. The summed E-state index contributed by atoms with van der Waals surface area (Å²) in [6.45, 7) is 1.28. The molecule has 1 aliphatic carbocycles. The van der Waals surface area contributed by atoms with E-state index in [1.165, 1.54) is 38.6 Å². The Morgan fingerprint density at radius 3 is 2.78 bits per heavy atom. The summed E-state index contributed by atoms with van der Waals surface area (Å²) in [6.07, 6.45) is 7.34. The van der Waals surface area contributed by atoms with Gasteiger partial charge in [-0.1, -0.05) is 6.42 Å². The molecule has 2 unspecified atom stereocenters. The molecule has 0 aromatic carbocycles. The van der Waals surface area contributed by atoms with Gasteiger partial charge in [-0.25, -0.2) is 0 Å². The average Bonchev–Trinajstić information content (AvgIpc) is 2.33. The molecule has 1 N–H and O–H groups in total. The Bertz CT molecular complexity index is 88.7. The Morgan fingerprint density at radius 2 is 1.89 bits per heavy atom. The minimum atomic E-state index is 0.916. The van der Waals surface area contributed by atoms with Crippen LogP contribution < -0.4 is 5.32 Å². The highest BCUT2D eigenvalue weighted by Gasteiger charge is 2.28. The van der Waals surface area contributed by atoms with Crippen LogP contribution in [0.15, 0.2) is 0 Å². The van der Waals surface area contributed by atoms with Crippen molar-refractivity contribution in [3.05, 3.63) is 0 Å². The van der Waals surface area contributed by atoms with Crippen molar-refractivity contribution in [1.29, 1.82) is 0 Å². The van der Waals surface area contributed by atoms with Crippen molar-refractivity contribution in [2.75, 3.05) is 6.54 Å². The molecule has 2 aliphatic rings. The Labute approximate surface area is 56.8 Å². The maximum Gasteiger partial charge on any atom is 0.00953 e. The van der Waals surface area contributed by atoms with Crippen molar-refractivity contribution < 1.29 is 0 Å². The first-order chi connectivity index (χ1) is 4.47. The molecule has 1 saturated carbocycles. The van der Waals surface area contributed by atoms with Crippen molar-refractivity contribution in [1.82, 2.24) is 5.32 Å². The molecule has 2 fully saturated rings. The minimum Gasteiger partial charge on any atom is -0.314 e. The molecule has 1 heteroatoms. The van der Waals surface area contributed by atoms with Crippen LogP contribution >= 0.6 is 0 Å².